The third kappa shape index (κ3) is 4.76. The van der Waals surface area contributed by atoms with Crippen molar-refractivity contribution in [2.24, 2.45) is 4.99 Å². The molecule has 0 saturated carbocycles. The minimum atomic E-state index is 0.438. The number of nitrogens with zero attached hydrogens (tertiary/aromatic N) is 2. The summed E-state index contributed by atoms with van der Waals surface area (Å²) in [6.45, 7) is 8.10. The molecule has 3 N–H and O–H groups in total. The van der Waals surface area contributed by atoms with Crippen molar-refractivity contribution in [2.75, 3.05) is 13.1 Å². The van der Waals surface area contributed by atoms with Gasteiger partial charge in [-0.05, 0) is 38.8 Å². The first-order chi connectivity index (χ1) is 10.7. The third-order valence-electron chi connectivity index (χ3n) is 3.62. The average Bonchev–Trinajstić information content (AvgIpc) is 2.94. The number of rotatable bonds is 7. The topological polar surface area (TPSA) is 65.1 Å². The number of para-hydroxylation sites is 2. The van der Waals surface area contributed by atoms with Crippen LogP contribution in [0.4, 0.5) is 0 Å². The SMILES string of the molecule is CCNC(=NCCCc1nc2ccccc2[nH]1)NC(C)CC. The third-order valence-corrected chi connectivity index (χ3v) is 3.62. The molecule has 5 nitrogen and oxygen atoms in total. The van der Waals surface area contributed by atoms with E-state index in [0.29, 0.717) is 6.04 Å². The van der Waals surface area contributed by atoms with Crippen molar-refractivity contribution in [3.8, 4) is 0 Å². The van der Waals surface area contributed by atoms with Gasteiger partial charge in [0.25, 0.3) is 0 Å². The van der Waals surface area contributed by atoms with Gasteiger partial charge in [0.1, 0.15) is 5.82 Å². The lowest BCUT2D eigenvalue weighted by molar-refractivity contribution is 0.623. The van der Waals surface area contributed by atoms with Crippen LogP contribution in [0, 0.1) is 0 Å². The fraction of sp³-hybridized carbons (Fsp3) is 0.529. The lowest BCUT2D eigenvalue weighted by Gasteiger charge is -2.16. The predicted octanol–water partition coefficient (Wildman–Crippen LogP) is 2.85. The van der Waals surface area contributed by atoms with Gasteiger partial charge in [0.2, 0.25) is 0 Å². The number of H-pyrrole nitrogens is 1. The van der Waals surface area contributed by atoms with Crippen LogP contribution in [-0.2, 0) is 6.42 Å². The Morgan fingerprint density at radius 3 is 2.86 bits per heavy atom. The molecular weight excluding hydrogens is 274 g/mol. The molecule has 0 aliphatic rings. The number of guanidine groups is 1. The second-order valence-corrected chi connectivity index (χ2v) is 5.52. The van der Waals surface area contributed by atoms with E-state index in [1.165, 1.54) is 0 Å². The molecule has 0 bridgehead atoms. The summed E-state index contributed by atoms with van der Waals surface area (Å²) in [6.07, 6.45) is 2.99. The van der Waals surface area contributed by atoms with Crippen molar-refractivity contribution in [1.29, 1.82) is 0 Å². The van der Waals surface area contributed by atoms with Crippen LogP contribution in [0.2, 0.25) is 0 Å². The summed E-state index contributed by atoms with van der Waals surface area (Å²) < 4.78 is 0. The summed E-state index contributed by atoms with van der Waals surface area (Å²) in [4.78, 5) is 12.6. The summed E-state index contributed by atoms with van der Waals surface area (Å²) in [7, 11) is 0. The molecule has 0 radical (unpaired) electrons. The highest BCUT2D eigenvalue weighted by molar-refractivity contribution is 5.80. The molecule has 2 aromatic rings. The predicted molar refractivity (Wildman–Crippen MR) is 93.3 cm³/mol. The minimum Gasteiger partial charge on any atom is -0.357 e. The van der Waals surface area contributed by atoms with E-state index in [9.17, 15) is 0 Å². The van der Waals surface area contributed by atoms with Gasteiger partial charge in [-0.25, -0.2) is 4.98 Å². The lowest BCUT2D eigenvalue weighted by atomic mass is 10.3. The Hall–Kier alpha value is -2.04. The number of benzene rings is 1. The van der Waals surface area contributed by atoms with Gasteiger partial charge >= 0.3 is 0 Å². The van der Waals surface area contributed by atoms with Gasteiger partial charge in [-0.2, -0.15) is 0 Å². The van der Waals surface area contributed by atoms with E-state index in [1.807, 2.05) is 18.2 Å². The largest absolute Gasteiger partial charge is 0.357 e. The summed E-state index contributed by atoms with van der Waals surface area (Å²) in [6, 6.07) is 8.57. The second-order valence-electron chi connectivity index (χ2n) is 5.52. The van der Waals surface area contributed by atoms with Crippen LogP contribution < -0.4 is 10.6 Å². The number of aromatic amines is 1. The van der Waals surface area contributed by atoms with Crippen LogP contribution in [0.25, 0.3) is 11.0 Å². The number of aryl methyl sites for hydroxylation is 1. The maximum atomic E-state index is 4.62. The molecular formula is C17H27N5. The number of hydrogen-bond donors (Lipinski definition) is 3. The molecule has 0 spiro atoms. The van der Waals surface area contributed by atoms with E-state index in [4.69, 9.17) is 0 Å². The van der Waals surface area contributed by atoms with Crippen LogP contribution in [0.1, 0.15) is 39.4 Å². The molecule has 0 aliphatic carbocycles. The van der Waals surface area contributed by atoms with Gasteiger partial charge in [0, 0.05) is 25.6 Å². The number of nitrogens with one attached hydrogen (secondary N) is 3. The van der Waals surface area contributed by atoms with Crippen LogP contribution in [0.5, 0.6) is 0 Å². The van der Waals surface area contributed by atoms with Crippen LogP contribution >= 0.6 is 0 Å². The van der Waals surface area contributed by atoms with E-state index in [-0.39, 0.29) is 0 Å². The zero-order chi connectivity index (χ0) is 15.8. The van der Waals surface area contributed by atoms with Crippen LogP contribution in [0.15, 0.2) is 29.3 Å². The van der Waals surface area contributed by atoms with Crippen molar-refractivity contribution in [2.45, 2.75) is 46.1 Å². The smallest absolute Gasteiger partial charge is 0.191 e. The van der Waals surface area contributed by atoms with Crippen LogP contribution in [-0.4, -0.2) is 35.1 Å². The maximum absolute atomic E-state index is 4.62. The molecule has 5 heteroatoms. The molecule has 1 aromatic carbocycles. The molecule has 0 fully saturated rings. The molecule has 1 atom stereocenters. The van der Waals surface area contributed by atoms with Crippen molar-refractivity contribution in [3.63, 3.8) is 0 Å². The van der Waals surface area contributed by atoms with Gasteiger partial charge in [-0.3, -0.25) is 4.99 Å². The normalized spacial score (nSPS) is 13.3. The van der Waals surface area contributed by atoms with E-state index < -0.39 is 0 Å². The lowest BCUT2D eigenvalue weighted by Crippen LogP contribution is -2.42. The van der Waals surface area contributed by atoms with Gasteiger partial charge in [0.05, 0.1) is 11.0 Å². The highest BCUT2D eigenvalue weighted by Gasteiger charge is 2.03. The fourth-order valence-corrected chi connectivity index (χ4v) is 2.22. The number of hydrogen-bond acceptors (Lipinski definition) is 2. The number of imidazole rings is 1. The first-order valence-corrected chi connectivity index (χ1v) is 8.21. The summed E-state index contributed by atoms with van der Waals surface area (Å²) in [5.74, 6) is 1.94. The van der Waals surface area contributed by atoms with E-state index in [1.54, 1.807) is 0 Å². The molecule has 22 heavy (non-hydrogen) atoms. The highest BCUT2D eigenvalue weighted by atomic mass is 15.2. The Morgan fingerprint density at radius 2 is 2.14 bits per heavy atom. The zero-order valence-electron chi connectivity index (χ0n) is 13.8. The monoisotopic (exact) mass is 301 g/mol. The van der Waals surface area contributed by atoms with Gasteiger partial charge in [0.15, 0.2) is 5.96 Å². The number of aromatic nitrogens is 2. The van der Waals surface area contributed by atoms with Crippen LogP contribution in [0.3, 0.4) is 0 Å². The quantitative estimate of drug-likeness (QED) is 0.418. The number of aliphatic imine (C=N–C) groups is 1. The molecule has 1 aromatic heterocycles. The van der Waals surface area contributed by atoms with Crippen molar-refractivity contribution in [3.05, 3.63) is 30.1 Å². The van der Waals surface area contributed by atoms with Gasteiger partial charge < -0.3 is 15.6 Å². The average molecular weight is 301 g/mol. The number of fused-ring (bicyclic) bond motifs is 1. The molecule has 0 saturated heterocycles. The van der Waals surface area contributed by atoms with Gasteiger partial charge in [-0.15, -0.1) is 0 Å². The van der Waals surface area contributed by atoms with Crippen molar-refractivity contribution >= 4 is 17.0 Å². The Morgan fingerprint density at radius 1 is 1.32 bits per heavy atom. The summed E-state index contributed by atoms with van der Waals surface area (Å²) >= 11 is 0. The molecule has 1 unspecified atom stereocenters. The molecule has 120 valence electrons. The standard InChI is InChI=1S/C17H27N5/c1-4-13(3)20-17(18-5-2)19-12-8-11-16-21-14-9-6-7-10-15(14)22-16/h6-7,9-10,13H,4-5,8,11-12H2,1-3H3,(H,21,22)(H2,18,19,20). The Kier molecular flexibility index (Phi) is 6.25. The second kappa shape index (κ2) is 8.41. The molecule has 1 heterocycles. The Bertz CT molecular complexity index is 569. The van der Waals surface area contributed by atoms with Gasteiger partial charge in [-0.1, -0.05) is 19.1 Å². The van der Waals surface area contributed by atoms with Crippen molar-refractivity contribution < 1.29 is 0 Å². The first-order valence-electron chi connectivity index (χ1n) is 8.21. The first kappa shape index (κ1) is 16.3. The van der Waals surface area contributed by atoms with E-state index in [0.717, 1.165) is 55.2 Å². The molecule has 0 aliphatic heterocycles. The fourth-order valence-electron chi connectivity index (χ4n) is 2.22. The van der Waals surface area contributed by atoms with E-state index >= 15 is 0 Å². The van der Waals surface area contributed by atoms with E-state index in [2.05, 4.69) is 52.4 Å². The Balaban J connectivity index is 1.84. The maximum Gasteiger partial charge on any atom is 0.191 e. The highest BCUT2D eigenvalue weighted by Crippen LogP contribution is 2.11. The summed E-state index contributed by atoms with van der Waals surface area (Å²) in [5.41, 5.74) is 2.14. The zero-order valence-corrected chi connectivity index (χ0v) is 13.8. The summed E-state index contributed by atoms with van der Waals surface area (Å²) in [5, 5.41) is 6.69. The molecule has 0 amide bonds. The molecule has 2 rings (SSSR count). The Labute approximate surface area is 132 Å². The minimum absolute atomic E-state index is 0.438. The van der Waals surface area contributed by atoms with Crippen molar-refractivity contribution in [1.82, 2.24) is 20.6 Å².